The van der Waals surface area contributed by atoms with Crippen molar-refractivity contribution in [1.82, 2.24) is 14.8 Å². The Morgan fingerprint density at radius 3 is 2.60 bits per heavy atom. The molecule has 2 aliphatic rings. The van der Waals surface area contributed by atoms with Crippen LogP contribution in [0.2, 0.25) is 10.0 Å². The van der Waals surface area contributed by atoms with Gasteiger partial charge in [-0.1, -0.05) is 55.2 Å². The third-order valence-electron chi connectivity index (χ3n) is 9.26. The fraction of sp³-hybridized carbons (Fsp3) is 0.515. The van der Waals surface area contributed by atoms with Gasteiger partial charge in [0, 0.05) is 40.1 Å². The van der Waals surface area contributed by atoms with Gasteiger partial charge in [-0.3, -0.25) is 9.69 Å². The Kier molecular flexibility index (Phi) is 10.3. The fourth-order valence-corrected chi connectivity index (χ4v) is 8.67. The minimum atomic E-state index is -0.775. The average molecular weight is 633 g/mol. The maximum Gasteiger partial charge on any atom is 0.321 e. The first kappa shape index (κ1) is 31.4. The lowest BCUT2D eigenvalue weighted by Gasteiger charge is -2.35. The van der Waals surface area contributed by atoms with Gasteiger partial charge in [0.2, 0.25) is 0 Å². The molecule has 5 nitrogen and oxygen atoms in total. The second-order valence-corrected chi connectivity index (χ2v) is 14.4. The largest absolute Gasteiger partial charge is 0.480 e. The Labute approximate surface area is 262 Å². The number of thiazole rings is 1. The molecule has 0 spiro atoms. The van der Waals surface area contributed by atoms with Crippen molar-refractivity contribution in [2.45, 2.75) is 69.9 Å². The molecule has 4 atom stereocenters. The number of carbonyl (C=O) groups is 1. The number of aliphatic carboxylic acids is 1. The Morgan fingerprint density at radius 2 is 1.93 bits per heavy atom. The van der Waals surface area contributed by atoms with E-state index in [2.05, 4.69) is 9.80 Å². The monoisotopic (exact) mass is 631 g/mol. The van der Waals surface area contributed by atoms with Crippen LogP contribution in [-0.4, -0.2) is 64.6 Å². The quantitative estimate of drug-likeness (QED) is 0.246. The first-order valence-corrected chi connectivity index (χ1v) is 16.5. The van der Waals surface area contributed by atoms with Gasteiger partial charge in [-0.2, -0.15) is 0 Å². The summed E-state index contributed by atoms with van der Waals surface area (Å²) >= 11 is 14.2. The highest BCUT2D eigenvalue weighted by Crippen LogP contribution is 2.44. The number of likely N-dealkylation sites (tertiary alicyclic amines) is 1. The Balaban J connectivity index is 1.22. The number of hydrogen-bond acceptors (Lipinski definition) is 5. The minimum Gasteiger partial charge on any atom is -0.480 e. The van der Waals surface area contributed by atoms with E-state index in [9.17, 15) is 14.3 Å². The molecule has 3 unspecified atom stereocenters. The van der Waals surface area contributed by atoms with Gasteiger partial charge in [-0.25, -0.2) is 9.37 Å². The van der Waals surface area contributed by atoms with Crippen molar-refractivity contribution in [1.29, 1.82) is 0 Å². The summed E-state index contributed by atoms with van der Waals surface area (Å²) in [5, 5.41) is 12.3. The molecule has 1 aliphatic carbocycles. The number of benzene rings is 2. The van der Waals surface area contributed by atoms with Gasteiger partial charge in [0.05, 0.1) is 5.01 Å². The molecule has 2 heterocycles. The molecule has 1 N–H and O–H groups in total. The summed E-state index contributed by atoms with van der Waals surface area (Å²) in [5.74, 6) is 0.0676. The molecule has 2 fully saturated rings. The molecular weight excluding hydrogens is 592 g/mol. The first-order chi connectivity index (χ1) is 20.1. The maximum absolute atomic E-state index is 14.3. The normalized spacial score (nSPS) is 22.7. The van der Waals surface area contributed by atoms with Gasteiger partial charge in [-0.15, -0.1) is 11.3 Å². The van der Waals surface area contributed by atoms with Gasteiger partial charge in [0.15, 0.2) is 0 Å². The number of piperidine rings is 1. The molecular formula is C33H40Cl2FN3O2S. The lowest BCUT2D eigenvalue weighted by molar-refractivity contribution is -0.145. The Hall–Kier alpha value is -2.03. The average Bonchev–Trinajstić information content (AvgIpc) is 3.58. The molecule has 0 radical (unpaired) electrons. The van der Waals surface area contributed by atoms with Crippen LogP contribution in [0.1, 0.15) is 72.4 Å². The number of carboxylic acids is 1. The van der Waals surface area contributed by atoms with Gasteiger partial charge in [-0.05, 0) is 105 Å². The zero-order valence-electron chi connectivity index (χ0n) is 24.5. The number of rotatable bonds is 10. The fourth-order valence-electron chi connectivity index (χ4n) is 7.09. The number of likely N-dealkylation sites (N-methyl/N-ethyl adjacent to an activating group) is 1. The van der Waals surface area contributed by atoms with Crippen LogP contribution in [0.25, 0.3) is 0 Å². The zero-order chi connectivity index (χ0) is 30.0. The van der Waals surface area contributed by atoms with Crippen LogP contribution in [0.5, 0.6) is 0 Å². The van der Waals surface area contributed by atoms with Crippen molar-refractivity contribution in [3.05, 3.63) is 85.5 Å². The minimum absolute atomic E-state index is 0.00799. The summed E-state index contributed by atoms with van der Waals surface area (Å²) in [6.45, 7) is 6.90. The molecule has 2 aromatic carbocycles. The highest BCUT2D eigenvalue weighted by molar-refractivity contribution is 7.11. The number of hydrogen-bond donors (Lipinski definition) is 1. The standard InChI is InChI=1S/C33H40Cl2FN3O2S/c1-20(2)32(33(40)41)38(3)27-14-24(28(17-27)22-5-4-6-26(36)13-22)19-39-11-9-21(10-12-39)30-18-37-31(42-30)15-23-7-8-25(34)16-29(23)35/h4-8,13,16,18,20-21,24,27-28,32H,9-12,14-15,17,19H2,1-3H3,(H,40,41)/t24?,27?,28?,32-/m1/s1. The summed E-state index contributed by atoms with van der Waals surface area (Å²) in [6, 6.07) is 12.2. The highest BCUT2D eigenvalue weighted by atomic mass is 35.5. The predicted octanol–water partition coefficient (Wildman–Crippen LogP) is 7.96. The molecule has 0 amide bonds. The van der Waals surface area contributed by atoms with Crippen molar-refractivity contribution in [2.75, 3.05) is 26.7 Å². The summed E-state index contributed by atoms with van der Waals surface area (Å²) in [7, 11) is 1.95. The van der Waals surface area contributed by atoms with Crippen LogP contribution in [0.3, 0.4) is 0 Å². The van der Waals surface area contributed by atoms with E-state index in [1.807, 2.05) is 45.3 Å². The van der Waals surface area contributed by atoms with E-state index in [0.717, 1.165) is 61.5 Å². The van der Waals surface area contributed by atoms with Crippen LogP contribution in [0.4, 0.5) is 4.39 Å². The third kappa shape index (κ3) is 7.36. The lowest BCUT2D eigenvalue weighted by atomic mass is 9.87. The van der Waals surface area contributed by atoms with Crippen LogP contribution in [0, 0.1) is 17.7 Å². The van der Waals surface area contributed by atoms with Gasteiger partial charge < -0.3 is 10.0 Å². The van der Waals surface area contributed by atoms with Crippen molar-refractivity contribution >= 4 is 40.5 Å². The number of nitrogens with zero attached hydrogens (tertiary/aromatic N) is 3. The highest BCUT2D eigenvalue weighted by Gasteiger charge is 2.41. The molecule has 42 heavy (non-hydrogen) atoms. The Morgan fingerprint density at radius 1 is 1.17 bits per heavy atom. The lowest BCUT2D eigenvalue weighted by Crippen LogP contribution is -2.47. The van der Waals surface area contributed by atoms with E-state index in [1.165, 1.54) is 10.9 Å². The van der Waals surface area contributed by atoms with Crippen molar-refractivity contribution in [3.8, 4) is 0 Å². The van der Waals surface area contributed by atoms with E-state index in [1.54, 1.807) is 29.5 Å². The number of aromatic nitrogens is 1. The zero-order valence-corrected chi connectivity index (χ0v) is 26.8. The number of halogens is 3. The van der Waals surface area contributed by atoms with Crippen LogP contribution < -0.4 is 0 Å². The summed E-state index contributed by atoms with van der Waals surface area (Å²) in [6.07, 6.45) is 6.67. The third-order valence-corrected chi connectivity index (χ3v) is 11.0. The van der Waals surface area contributed by atoms with Crippen LogP contribution in [0.15, 0.2) is 48.7 Å². The molecule has 226 valence electrons. The van der Waals surface area contributed by atoms with E-state index in [0.29, 0.717) is 28.3 Å². The predicted molar refractivity (Wildman–Crippen MR) is 169 cm³/mol. The van der Waals surface area contributed by atoms with E-state index < -0.39 is 12.0 Å². The van der Waals surface area contributed by atoms with Crippen molar-refractivity contribution < 1.29 is 14.3 Å². The van der Waals surface area contributed by atoms with Crippen molar-refractivity contribution in [2.24, 2.45) is 11.8 Å². The molecule has 1 saturated heterocycles. The molecule has 9 heteroatoms. The second kappa shape index (κ2) is 13.7. The molecule has 1 saturated carbocycles. The molecule has 0 bridgehead atoms. The maximum atomic E-state index is 14.3. The van der Waals surface area contributed by atoms with E-state index in [-0.39, 0.29) is 23.7 Å². The summed E-state index contributed by atoms with van der Waals surface area (Å²) in [5.41, 5.74) is 2.06. The van der Waals surface area contributed by atoms with Crippen molar-refractivity contribution in [3.63, 3.8) is 0 Å². The van der Waals surface area contributed by atoms with E-state index in [4.69, 9.17) is 28.2 Å². The molecule has 1 aliphatic heterocycles. The van der Waals surface area contributed by atoms with Gasteiger partial charge in [0.25, 0.3) is 0 Å². The summed E-state index contributed by atoms with van der Waals surface area (Å²) in [4.78, 5) is 22.7. The van der Waals surface area contributed by atoms with Gasteiger partial charge in [0.1, 0.15) is 11.9 Å². The summed E-state index contributed by atoms with van der Waals surface area (Å²) < 4.78 is 14.3. The van der Waals surface area contributed by atoms with E-state index >= 15 is 0 Å². The van der Waals surface area contributed by atoms with Crippen LogP contribution >= 0.6 is 34.5 Å². The second-order valence-electron chi connectivity index (χ2n) is 12.4. The van der Waals surface area contributed by atoms with Gasteiger partial charge >= 0.3 is 5.97 Å². The van der Waals surface area contributed by atoms with Crippen LogP contribution in [-0.2, 0) is 11.2 Å². The first-order valence-electron chi connectivity index (χ1n) is 14.9. The topological polar surface area (TPSA) is 56.7 Å². The smallest absolute Gasteiger partial charge is 0.321 e. The number of carboxylic acid groups (broad SMARTS) is 1. The SMILES string of the molecule is CC(C)[C@H](C(=O)O)N(C)C1CC(CN2CCC(c3cnc(Cc4ccc(Cl)cc4Cl)s3)CC2)C(c2cccc(F)c2)C1. The Bertz CT molecular complexity index is 1380. The molecule has 3 aromatic rings. The molecule has 1 aromatic heterocycles. The molecule has 5 rings (SSSR count).